The van der Waals surface area contributed by atoms with Crippen molar-refractivity contribution in [2.45, 2.75) is 53.2 Å². The van der Waals surface area contributed by atoms with Crippen molar-refractivity contribution < 1.29 is 4.79 Å². The molecule has 7 heteroatoms. The largest absolute Gasteiger partial charge is 0.330 e. The van der Waals surface area contributed by atoms with Gasteiger partial charge in [0.05, 0.1) is 40.0 Å². The first-order chi connectivity index (χ1) is 14.8. The van der Waals surface area contributed by atoms with E-state index in [9.17, 15) is 4.79 Å². The lowest BCUT2D eigenvalue weighted by Gasteiger charge is -2.27. The molecule has 0 radical (unpaired) electrons. The fraction of sp³-hybridized carbons (Fsp3) is 0.333. The number of thiophene rings is 1. The molecule has 0 bridgehead atoms. The first-order valence-corrected chi connectivity index (χ1v) is 11.3. The van der Waals surface area contributed by atoms with E-state index in [0.717, 1.165) is 27.3 Å². The average molecular weight is 434 g/mol. The summed E-state index contributed by atoms with van der Waals surface area (Å²) in [5, 5.41) is 5.32. The maximum atomic E-state index is 13.8. The molecule has 0 spiro atoms. The lowest BCUT2D eigenvalue weighted by Crippen LogP contribution is -2.36. The van der Waals surface area contributed by atoms with E-state index >= 15 is 0 Å². The highest BCUT2D eigenvalue weighted by atomic mass is 32.1. The minimum atomic E-state index is -0.0362. The number of hydrogen-bond donors (Lipinski definition) is 0. The Hall–Kier alpha value is -3.06. The van der Waals surface area contributed by atoms with Crippen molar-refractivity contribution in [3.63, 3.8) is 0 Å². The molecule has 6 nitrogen and oxygen atoms in total. The number of pyridine rings is 2. The van der Waals surface area contributed by atoms with Crippen LogP contribution in [0.5, 0.6) is 0 Å². The number of aryl methyl sites for hydroxylation is 1. The van der Waals surface area contributed by atoms with Crippen LogP contribution in [0, 0.1) is 6.92 Å². The average Bonchev–Trinajstić information content (AvgIpc) is 3.37. The molecule has 4 aromatic heterocycles. The van der Waals surface area contributed by atoms with Crippen molar-refractivity contribution in [3.8, 4) is 10.6 Å². The molecule has 0 saturated heterocycles. The number of amides is 1. The second-order valence-corrected chi connectivity index (χ2v) is 9.52. The van der Waals surface area contributed by atoms with Gasteiger partial charge in [0, 0.05) is 23.2 Å². The second-order valence-electron chi connectivity index (χ2n) is 8.23. The van der Waals surface area contributed by atoms with E-state index in [1.807, 2.05) is 47.7 Å². The van der Waals surface area contributed by atoms with Crippen molar-refractivity contribution in [2.24, 2.45) is 0 Å². The molecule has 4 rings (SSSR count). The quantitative estimate of drug-likeness (QED) is 0.403. The molecule has 0 saturated carbocycles. The molecule has 31 heavy (non-hydrogen) atoms. The minimum Gasteiger partial charge on any atom is -0.330 e. The summed E-state index contributed by atoms with van der Waals surface area (Å²) in [5.74, 6) is -0.0362. The minimum absolute atomic E-state index is 0.0188. The van der Waals surface area contributed by atoms with Crippen LogP contribution in [0.1, 0.15) is 54.7 Å². The molecule has 1 amide bonds. The first kappa shape index (κ1) is 21.2. The highest BCUT2D eigenvalue weighted by Gasteiger charge is 2.25. The Morgan fingerprint density at radius 1 is 1.16 bits per heavy atom. The van der Waals surface area contributed by atoms with Crippen LogP contribution < -0.4 is 0 Å². The maximum Gasteiger partial charge on any atom is 0.255 e. The summed E-state index contributed by atoms with van der Waals surface area (Å²) >= 11 is 1.68. The van der Waals surface area contributed by atoms with E-state index in [1.165, 1.54) is 4.88 Å². The van der Waals surface area contributed by atoms with E-state index in [-0.39, 0.29) is 18.0 Å². The fourth-order valence-corrected chi connectivity index (χ4v) is 4.41. The lowest BCUT2D eigenvalue weighted by molar-refractivity contribution is 0.0690. The van der Waals surface area contributed by atoms with Gasteiger partial charge in [-0.3, -0.25) is 9.78 Å². The van der Waals surface area contributed by atoms with Crippen molar-refractivity contribution >= 4 is 28.3 Å². The molecule has 0 aliphatic heterocycles. The van der Waals surface area contributed by atoms with E-state index in [0.29, 0.717) is 12.1 Å². The molecule has 0 aliphatic rings. The van der Waals surface area contributed by atoms with Gasteiger partial charge in [0.25, 0.3) is 5.91 Å². The zero-order chi connectivity index (χ0) is 22.1. The van der Waals surface area contributed by atoms with Crippen molar-refractivity contribution in [1.29, 1.82) is 0 Å². The topological polar surface area (TPSA) is 63.9 Å². The summed E-state index contributed by atoms with van der Waals surface area (Å²) in [5.41, 5.74) is 3.03. The van der Waals surface area contributed by atoms with Crippen LogP contribution in [0.2, 0.25) is 0 Å². The third-order valence-corrected chi connectivity index (χ3v) is 6.24. The first-order valence-electron chi connectivity index (χ1n) is 10.5. The second kappa shape index (κ2) is 8.59. The van der Waals surface area contributed by atoms with Gasteiger partial charge in [-0.15, -0.1) is 11.3 Å². The van der Waals surface area contributed by atoms with E-state index in [4.69, 9.17) is 4.98 Å². The number of carbonyl (C=O) groups is 1. The zero-order valence-electron chi connectivity index (χ0n) is 18.5. The summed E-state index contributed by atoms with van der Waals surface area (Å²) < 4.78 is 1.88. The van der Waals surface area contributed by atoms with Crippen LogP contribution in [-0.4, -0.2) is 36.6 Å². The Morgan fingerprint density at radius 3 is 2.58 bits per heavy atom. The number of aromatic nitrogens is 4. The van der Waals surface area contributed by atoms with E-state index in [1.54, 1.807) is 23.7 Å². The SMILES string of the molecule is Cc1ccc(-c2cc(C(=O)N(Cc3ccccn3)C(C)C)c3cnn(C(C)C)c3n2)s1. The molecule has 4 heterocycles. The monoisotopic (exact) mass is 433 g/mol. The van der Waals surface area contributed by atoms with Crippen molar-refractivity contribution in [1.82, 2.24) is 24.6 Å². The number of nitrogens with zero attached hydrogens (tertiary/aromatic N) is 5. The van der Waals surface area contributed by atoms with Crippen molar-refractivity contribution in [2.75, 3.05) is 0 Å². The van der Waals surface area contributed by atoms with Gasteiger partial charge in [0.2, 0.25) is 0 Å². The standard InChI is InChI=1S/C24H27N5OS/c1-15(2)28(14-18-8-6-7-11-25-18)24(30)19-12-21(22-10-9-17(5)31-22)27-23-20(19)13-26-29(23)16(3)4/h6-13,15-16H,14H2,1-5H3. The number of hydrogen-bond acceptors (Lipinski definition) is 5. The van der Waals surface area contributed by atoms with Gasteiger partial charge in [-0.05, 0) is 65.0 Å². The summed E-state index contributed by atoms with van der Waals surface area (Å²) in [7, 11) is 0. The highest BCUT2D eigenvalue weighted by Crippen LogP contribution is 2.31. The Balaban J connectivity index is 1.85. The number of fused-ring (bicyclic) bond motifs is 1. The van der Waals surface area contributed by atoms with Crippen LogP contribution in [0.4, 0.5) is 0 Å². The van der Waals surface area contributed by atoms with Gasteiger partial charge >= 0.3 is 0 Å². The van der Waals surface area contributed by atoms with Crippen LogP contribution in [0.3, 0.4) is 0 Å². The fourth-order valence-electron chi connectivity index (χ4n) is 3.58. The molecule has 0 aromatic carbocycles. The molecule has 0 fully saturated rings. The van der Waals surface area contributed by atoms with Crippen LogP contribution in [0.15, 0.2) is 48.8 Å². The van der Waals surface area contributed by atoms with Crippen LogP contribution >= 0.6 is 11.3 Å². The Morgan fingerprint density at radius 2 is 1.97 bits per heavy atom. The van der Waals surface area contributed by atoms with E-state index in [2.05, 4.69) is 43.0 Å². The third-order valence-electron chi connectivity index (χ3n) is 5.22. The Labute approximate surface area is 186 Å². The van der Waals surface area contributed by atoms with Gasteiger partial charge in [-0.1, -0.05) is 6.07 Å². The maximum absolute atomic E-state index is 13.8. The molecule has 0 unspecified atom stereocenters. The zero-order valence-corrected chi connectivity index (χ0v) is 19.3. The Bertz CT molecular complexity index is 1210. The predicted molar refractivity (Wildman–Crippen MR) is 125 cm³/mol. The lowest BCUT2D eigenvalue weighted by atomic mass is 10.1. The summed E-state index contributed by atoms with van der Waals surface area (Å²) in [6.45, 7) is 10.7. The van der Waals surface area contributed by atoms with Gasteiger partial charge in [0.15, 0.2) is 5.65 Å². The Kier molecular flexibility index (Phi) is 5.87. The molecule has 160 valence electrons. The van der Waals surface area contributed by atoms with Gasteiger partial charge in [0.1, 0.15) is 0 Å². The molecular weight excluding hydrogens is 406 g/mol. The normalized spacial score (nSPS) is 11.6. The molecule has 0 aliphatic carbocycles. The summed E-state index contributed by atoms with van der Waals surface area (Å²) in [4.78, 5) is 27.2. The van der Waals surface area contributed by atoms with Gasteiger partial charge in [-0.2, -0.15) is 5.10 Å². The third kappa shape index (κ3) is 4.23. The molecule has 0 atom stereocenters. The molecule has 0 N–H and O–H groups in total. The van der Waals surface area contributed by atoms with Gasteiger partial charge in [-0.25, -0.2) is 9.67 Å². The number of carbonyl (C=O) groups excluding carboxylic acids is 1. The smallest absolute Gasteiger partial charge is 0.255 e. The van der Waals surface area contributed by atoms with Gasteiger partial charge < -0.3 is 4.90 Å². The molecule has 4 aromatic rings. The van der Waals surface area contributed by atoms with Crippen molar-refractivity contribution in [3.05, 3.63) is 64.9 Å². The number of rotatable bonds is 6. The van der Waals surface area contributed by atoms with Crippen LogP contribution in [0.25, 0.3) is 21.6 Å². The van der Waals surface area contributed by atoms with E-state index < -0.39 is 0 Å². The molecular formula is C24H27N5OS. The predicted octanol–water partition coefficient (Wildman–Crippen LogP) is 5.49. The summed E-state index contributed by atoms with van der Waals surface area (Å²) in [6, 6.07) is 12.0. The van der Waals surface area contributed by atoms with Crippen LogP contribution in [-0.2, 0) is 6.54 Å². The highest BCUT2D eigenvalue weighted by molar-refractivity contribution is 7.15. The summed E-state index contributed by atoms with van der Waals surface area (Å²) in [6.07, 6.45) is 3.52.